The van der Waals surface area contributed by atoms with E-state index < -0.39 is 5.97 Å². The first-order valence-electron chi connectivity index (χ1n) is 6.01. The van der Waals surface area contributed by atoms with Crippen LogP contribution in [-0.2, 0) is 11.8 Å². The SMILES string of the molecule is Cc1cc(C(=O)N[C@@H]2CC[C@H](C(=O)O)C2)n(C)n1. The Labute approximate surface area is 105 Å². The molecule has 0 unspecified atom stereocenters. The minimum absolute atomic E-state index is 0.0474. The molecule has 1 aliphatic rings. The molecular weight excluding hydrogens is 234 g/mol. The lowest BCUT2D eigenvalue weighted by molar-refractivity contribution is -0.141. The Hall–Kier alpha value is -1.85. The first kappa shape index (κ1) is 12.6. The van der Waals surface area contributed by atoms with Gasteiger partial charge in [-0.3, -0.25) is 14.3 Å². The zero-order chi connectivity index (χ0) is 13.3. The fraction of sp³-hybridized carbons (Fsp3) is 0.583. The van der Waals surface area contributed by atoms with Crippen LogP contribution in [0.3, 0.4) is 0 Å². The largest absolute Gasteiger partial charge is 0.481 e. The smallest absolute Gasteiger partial charge is 0.306 e. The highest BCUT2D eigenvalue weighted by atomic mass is 16.4. The van der Waals surface area contributed by atoms with Gasteiger partial charge in [-0.25, -0.2) is 0 Å². The number of amides is 1. The summed E-state index contributed by atoms with van der Waals surface area (Å²) in [4.78, 5) is 22.8. The Bertz CT molecular complexity index is 481. The number of aryl methyl sites for hydroxylation is 2. The maximum Gasteiger partial charge on any atom is 0.306 e. The number of carboxylic acids is 1. The van der Waals surface area contributed by atoms with E-state index in [9.17, 15) is 9.59 Å². The lowest BCUT2D eigenvalue weighted by Gasteiger charge is -2.12. The highest BCUT2D eigenvalue weighted by molar-refractivity contribution is 5.92. The first-order valence-corrected chi connectivity index (χ1v) is 6.01. The van der Waals surface area contributed by atoms with Crippen LogP contribution in [0.4, 0.5) is 0 Å². The summed E-state index contributed by atoms with van der Waals surface area (Å²) in [6, 6.07) is 1.67. The van der Waals surface area contributed by atoms with Crippen LogP contribution in [-0.4, -0.2) is 32.8 Å². The number of aromatic nitrogens is 2. The van der Waals surface area contributed by atoms with E-state index in [-0.39, 0.29) is 17.9 Å². The van der Waals surface area contributed by atoms with Gasteiger partial charge in [0.1, 0.15) is 5.69 Å². The van der Waals surface area contributed by atoms with Crippen LogP contribution >= 0.6 is 0 Å². The zero-order valence-electron chi connectivity index (χ0n) is 10.5. The number of nitrogens with one attached hydrogen (secondary N) is 1. The maximum atomic E-state index is 12.0. The Morgan fingerprint density at radius 1 is 1.50 bits per heavy atom. The van der Waals surface area contributed by atoms with Crippen molar-refractivity contribution in [3.05, 3.63) is 17.5 Å². The average molecular weight is 251 g/mol. The van der Waals surface area contributed by atoms with Crippen molar-refractivity contribution >= 4 is 11.9 Å². The van der Waals surface area contributed by atoms with Gasteiger partial charge in [0.2, 0.25) is 0 Å². The molecule has 2 N–H and O–H groups in total. The van der Waals surface area contributed by atoms with Crippen LogP contribution < -0.4 is 5.32 Å². The number of carboxylic acid groups (broad SMARTS) is 1. The summed E-state index contributed by atoms with van der Waals surface area (Å²) in [6.45, 7) is 1.83. The highest BCUT2D eigenvalue weighted by Gasteiger charge is 2.31. The van der Waals surface area contributed by atoms with Crippen molar-refractivity contribution in [2.75, 3.05) is 0 Å². The fourth-order valence-corrected chi connectivity index (χ4v) is 2.42. The van der Waals surface area contributed by atoms with Crippen LogP contribution in [0.15, 0.2) is 6.07 Å². The summed E-state index contributed by atoms with van der Waals surface area (Å²) >= 11 is 0. The average Bonchev–Trinajstić information content (AvgIpc) is 2.85. The van der Waals surface area contributed by atoms with Crippen LogP contribution in [0.1, 0.15) is 35.4 Å². The molecule has 6 heteroatoms. The van der Waals surface area contributed by atoms with Gasteiger partial charge in [-0.05, 0) is 32.3 Å². The van der Waals surface area contributed by atoms with Gasteiger partial charge in [0, 0.05) is 13.1 Å². The van der Waals surface area contributed by atoms with Gasteiger partial charge < -0.3 is 10.4 Å². The maximum absolute atomic E-state index is 12.0. The lowest BCUT2D eigenvalue weighted by atomic mass is 10.1. The number of hydrogen-bond acceptors (Lipinski definition) is 3. The summed E-state index contributed by atoms with van der Waals surface area (Å²) in [5.41, 5.74) is 1.30. The van der Waals surface area contributed by atoms with Gasteiger partial charge in [0.05, 0.1) is 11.6 Å². The third kappa shape index (κ3) is 2.52. The molecule has 0 aromatic carbocycles. The van der Waals surface area contributed by atoms with Crippen LogP contribution in [0.5, 0.6) is 0 Å². The molecule has 98 valence electrons. The molecule has 0 saturated heterocycles. The molecule has 1 saturated carbocycles. The number of carbonyl (C=O) groups excluding carboxylic acids is 1. The van der Waals surface area contributed by atoms with Crippen molar-refractivity contribution in [1.29, 1.82) is 0 Å². The quantitative estimate of drug-likeness (QED) is 0.828. The number of hydrogen-bond donors (Lipinski definition) is 2. The molecule has 0 radical (unpaired) electrons. The molecule has 0 spiro atoms. The summed E-state index contributed by atoms with van der Waals surface area (Å²) < 4.78 is 1.54. The standard InChI is InChI=1S/C12H17N3O3/c1-7-5-10(15(2)14-7)11(16)13-9-4-3-8(6-9)12(17)18/h5,8-9H,3-4,6H2,1-2H3,(H,13,16)(H,17,18)/t8-,9+/m0/s1. The molecule has 1 aromatic rings. The predicted octanol–water partition coefficient (Wildman–Crippen LogP) is 0.712. The number of aliphatic carboxylic acids is 1. The normalized spacial score (nSPS) is 23.0. The molecular formula is C12H17N3O3. The lowest BCUT2D eigenvalue weighted by Crippen LogP contribution is -2.34. The minimum atomic E-state index is -0.775. The number of rotatable bonds is 3. The van der Waals surface area contributed by atoms with E-state index in [0.29, 0.717) is 18.5 Å². The number of nitrogens with zero attached hydrogens (tertiary/aromatic N) is 2. The van der Waals surface area contributed by atoms with E-state index >= 15 is 0 Å². The van der Waals surface area contributed by atoms with Gasteiger partial charge in [0.15, 0.2) is 0 Å². The molecule has 2 rings (SSSR count). The number of carbonyl (C=O) groups is 2. The highest BCUT2D eigenvalue weighted by Crippen LogP contribution is 2.25. The fourth-order valence-electron chi connectivity index (χ4n) is 2.42. The second-order valence-corrected chi connectivity index (χ2v) is 4.81. The third-order valence-corrected chi connectivity index (χ3v) is 3.35. The molecule has 18 heavy (non-hydrogen) atoms. The van der Waals surface area contributed by atoms with Crippen molar-refractivity contribution in [3.8, 4) is 0 Å². The van der Waals surface area contributed by atoms with Crippen molar-refractivity contribution in [1.82, 2.24) is 15.1 Å². The summed E-state index contributed by atoms with van der Waals surface area (Å²) in [7, 11) is 1.72. The van der Waals surface area contributed by atoms with E-state index in [1.165, 1.54) is 4.68 Å². The van der Waals surface area contributed by atoms with Crippen LogP contribution in [0, 0.1) is 12.8 Å². The Balaban J connectivity index is 1.97. The van der Waals surface area contributed by atoms with Gasteiger partial charge >= 0.3 is 5.97 Å². The molecule has 0 aliphatic heterocycles. The predicted molar refractivity (Wildman–Crippen MR) is 64.2 cm³/mol. The molecule has 1 aromatic heterocycles. The minimum Gasteiger partial charge on any atom is -0.481 e. The zero-order valence-corrected chi connectivity index (χ0v) is 10.5. The Morgan fingerprint density at radius 2 is 2.22 bits per heavy atom. The van der Waals surface area contributed by atoms with Crippen LogP contribution in [0.2, 0.25) is 0 Å². The second-order valence-electron chi connectivity index (χ2n) is 4.81. The molecule has 0 bridgehead atoms. The summed E-state index contributed by atoms with van der Waals surface area (Å²) in [5.74, 6) is -1.29. The van der Waals surface area contributed by atoms with Crippen molar-refractivity contribution in [2.24, 2.45) is 13.0 Å². The van der Waals surface area contributed by atoms with Gasteiger partial charge in [-0.1, -0.05) is 0 Å². The van der Waals surface area contributed by atoms with Crippen molar-refractivity contribution < 1.29 is 14.7 Å². The van der Waals surface area contributed by atoms with E-state index in [0.717, 1.165) is 12.1 Å². The van der Waals surface area contributed by atoms with Gasteiger partial charge in [-0.2, -0.15) is 5.10 Å². The molecule has 1 amide bonds. The second kappa shape index (κ2) is 4.80. The molecule has 1 fully saturated rings. The van der Waals surface area contributed by atoms with Gasteiger partial charge in [0.25, 0.3) is 5.91 Å². The Morgan fingerprint density at radius 3 is 2.72 bits per heavy atom. The molecule has 1 heterocycles. The van der Waals surface area contributed by atoms with Crippen LogP contribution in [0.25, 0.3) is 0 Å². The molecule has 1 aliphatic carbocycles. The topological polar surface area (TPSA) is 84.2 Å². The third-order valence-electron chi connectivity index (χ3n) is 3.35. The van der Waals surface area contributed by atoms with E-state index in [2.05, 4.69) is 10.4 Å². The molecule has 6 nitrogen and oxygen atoms in total. The van der Waals surface area contributed by atoms with Crippen molar-refractivity contribution in [2.45, 2.75) is 32.2 Å². The van der Waals surface area contributed by atoms with Gasteiger partial charge in [-0.15, -0.1) is 0 Å². The summed E-state index contributed by atoms with van der Waals surface area (Å²) in [5, 5.41) is 15.9. The van der Waals surface area contributed by atoms with E-state index in [1.807, 2.05) is 6.92 Å². The monoisotopic (exact) mass is 251 g/mol. The molecule has 2 atom stereocenters. The Kier molecular flexibility index (Phi) is 3.36. The summed E-state index contributed by atoms with van der Waals surface area (Å²) in [6.07, 6.45) is 1.86. The van der Waals surface area contributed by atoms with Crippen molar-refractivity contribution in [3.63, 3.8) is 0 Å². The van der Waals surface area contributed by atoms with E-state index in [4.69, 9.17) is 5.11 Å². The first-order chi connectivity index (χ1) is 8.47. The van der Waals surface area contributed by atoms with E-state index in [1.54, 1.807) is 13.1 Å².